The zero-order valence-corrected chi connectivity index (χ0v) is 20.2. The molecule has 3 heteroatoms. The van der Waals surface area contributed by atoms with Gasteiger partial charge < -0.3 is 0 Å². The molecule has 6 aromatic rings. The maximum absolute atomic E-state index is 5.23. The minimum Gasteiger partial charge on any atom is -0.287 e. The molecule has 6 rings (SSSR count). The van der Waals surface area contributed by atoms with E-state index in [4.69, 9.17) is 4.98 Å². The van der Waals surface area contributed by atoms with Crippen molar-refractivity contribution in [2.45, 2.75) is 0 Å². The minimum absolute atomic E-state index is 0. The second kappa shape index (κ2) is 9.90. The molecule has 0 aliphatic heterocycles. The summed E-state index contributed by atoms with van der Waals surface area (Å²) < 4.78 is 0. The second-order valence-corrected chi connectivity index (χ2v) is 10.2. The molecule has 0 saturated heterocycles. The van der Waals surface area contributed by atoms with Crippen molar-refractivity contribution in [3.05, 3.63) is 133 Å². The fraction of sp³-hybridized carbons (Fsp3) is 0. The SMILES string of the molecule is [Ni].[c-]1cc2cccc(P(c3ccccc3)c3ccccc3)c2nc1-c1cccc2ccccc12. The fourth-order valence-electron chi connectivity index (χ4n) is 4.41. The summed E-state index contributed by atoms with van der Waals surface area (Å²) in [6, 6.07) is 48.6. The molecule has 1 aromatic heterocycles. The average molecular weight is 497 g/mol. The molecular formula is C31H21NNiP-. The van der Waals surface area contributed by atoms with E-state index in [0.29, 0.717) is 0 Å². The van der Waals surface area contributed by atoms with Gasteiger partial charge in [0.15, 0.2) is 0 Å². The molecule has 0 aliphatic rings. The largest absolute Gasteiger partial charge is 0.287 e. The summed E-state index contributed by atoms with van der Waals surface area (Å²) in [5.41, 5.74) is 3.06. The predicted molar refractivity (Wildman–Crippen MR) is 142 cm³/mol. The van der Waals surface area contributed by atoms with E-state index < -0.39 is 7.92 Å². The normalized spacial score (nSPS) is 11.0. The van der Waals surface area contributed by atoms with Gasteiger partial charge in [-0.25, -0.2) is 0 Å². The quantitative estimate of drug-likeness (QED) is 0.152. The Morgan fingerprint density at radius 1 is 0.559 bits per heavy atom. The third-order valence-electron chi connectivity index (χ3n) is 5.95. The number of para-hydroxylation sites is 1. The van der Waals surface area contributed by atoms with E-state index in [1.54, 1.807) is 0 Å². The molecule has 0 bridgehead atoms. The van der Waals surface area contributed by atoms with Crippen LogP contribution in [0, 0.1) is 6.07 Å². The summed E-state index contributed by atoms with van der Waals surface area (Å²) in [7, 11) is -0.738. The van der Waals surface area contributed by atoms with Crippen LogP contribution in [0.1, 0.15) is 0 Å². The Morgan fingerprint density at radius 3 is 1.88 bits per heavy atom. The van der Waals surface area contributed by atoms with Gasteiger partial charge >= 0.3 is 0 Å². The molecule has 0 atom stereocenters. The summed E-state index contributed by atoms with van der Waals surface area (Å²) in [4.78, 5) is 5.23. The van der Waals surface area contributed by atoms with Crippen LogP contribution in [0.25, 0.3) is 32.9 Å². The van der Waals surface area contributed by atoms with Gasteiger partial charge in [0.2, 0.25) is 0 Å². The van der Waals surface area contributed by atoms with Crippen molar-refractivity contribution in [2.75, 3.05) is 0 Å². The Hall–Kier alpha value is -3.31. The molecule has 5 aromatic carbocycles. The van der Waals surface area contributed by atoms with Crippen LogP contribution in [0.3, 0.4) is 0 Å². The first-order valence-electron chi connectivity index (χ1n) is 11.1. The standard InChI is InChI=1S/C31H21NP.Ni/c1-3-14-25(15-4-1)33(26-16-5-2-6-17-26)30-20-10-13-24-21-22-29(32-31(24)30)28-19-9-12-23-11-7-8-18-27(23)28;/h1-21H;/q-1;. The van der Waals surface area contributed by atoms with Crippen LogP contribution in [0.15, 0.2) is 127 Å². The number of fused-ring (bicyclic) bond motifs is 2. The van der Waals surface area contributed by atoms with Crippen molar-refractivity contribution in [2.24, 2.45) is 0 Å². The van der Waals surface area contributed by atoms with Crippen molar-refractivity contribution in [3.63, 3.8) is 0 Å². The molecule has 166 valence electrons. The van der Waals surface area contributed by atoms with Gasteiger partial charge in [-0.1, -0.05) is 126 Å². The van der Waals surface area contributed by atoms with Crippen molar-refractivity contribution in [1.82, 2.24) is 4.98 Å². The van der Waals surface area contributed by atoms with Gasteiger partial charge in [0.1, 0.15) is 0 Å². The van der Waals surface area contributed by atoms with Crippen LogP contribution >= 0.6 is 7.92 Å². The first-order chi connectivity index (χ1) is 16.4. The van der Waals surface area contributed by atoms with Crippen LogP contribution in [0.4, 0.5) is 0 Å². The number of rotatable bonds is 4. The van der Waals surface area contributed by atoms with Crippen molar-refractivity contribution in [3.8, 4) is 11.3 Å². The first-order valence-corrected chi connectivity index (χ1v) is 12.4. The Morgan fingerprint density at radius 2 is 1.15 bits per heavy atom. The number of hydrogen-bond acceptors (Lipinski definition) is 1. The van der Waals surface area contributed by atoms with Crippen LogP contribution in [0.5, 0.6) is 0 Å². The van der Waals surface area contributed by atoms with Gasteiger partial charge in [-0.3, -0.25) is 4.98 Å². The van der Waals surface area contributed by atoms with Crippen LogP contribution in [-0.2, 0) is 16.5 Å². The number of nitrogens with zero attached hydrogens (tertiary/aromatic N) is 1. The fourth-order valence-corrected chi connectivity index (χ4v) is 6.83. The van der Waals surface area contributed by atoms with Crippen molar-refractivity contribution < 1.29 is 16.5 Å². The Bertz CT molecular complexity index is 1520. The van der Waals surface area contributed by atoms with E-state index in [1.165, 1.54) is 26.7 Å². The monoisotopic (exact) mass is 496 g/mol. The maximum Gasteiger partial charge on any atom is 0.0227 e. The van der Waals surface area contributed by atoms with Crippen LogP contribution < -0.4 is 15.9 Å². The van der Waals surface area contributed by atoms with Crippen molar-refractivity contribution in [1.29, 1.82) is 0 Å². The van der Waals surface area contributed by atoms with Gasteiger partial charge in [0.05, 0.1) is 0 Å². The number of aromatic nitrogens is 1. The van der Waals surface area contributed by atoms with Crippen LogP contribution in [0.2, 0.25) is 0 Å². The van der Waals surface area contributed by atoms with Crippen molar-refractivity contribution >= 4 is 45.5 Å². The molecular weight excluding hydrogens is 476 g/mol. The average Bonchev–Trinajstić information content (AvgIpc) is 2.90. The van der Waals surface area contributed by atoms with E-state index in [-0.39, 0.29) is 16.5 Å². The topological polar surface area (TPSA) is 12.9 Å². The molecule has 0 fully saturated rings. The Balaban J connectivity index is 0.00000241. The third kappa shape index (κ3) is 4.16. The molecule has 0 radical (unpaired) electrons. The molecule has 0 N–H and O–H groups in total. The maximum atomic E-state index is 5.23. The summed E-state index contributed by atoms with van der Waals surface area (Å²) in [6.07, 6.45) is 0. The second-order valence-electron chi connectivity index (χ2n) is 8.00. The van der Waals surface area contributed by atoms with E-state index in [0.717, 1.165) is 22.2 Å². The minimum atomic E-state index is -0.738. The van der Waals surface area contributed by atoms with E-state index in [1.807, 2.05) is 0 Å². The number of benzene rings is 5. The van der Waals surface area contributed by atoms with Gasteiger partial charge in [-0.05, 0) is 34.9 Å². The summed E-state index contributed by atoms with van der Waals surface area (Å²) in [5.74, 6) is 0. The van der Waals surface area contributed by atoms with E-state index in [9.17, 15) is 0 Å². The number of hydrogen-bond donors (Lipinski definition) is 0. The molecule has 34 heavy (non-hydrogen) atoms. The molecule has 0 spiro atoms. The predicted octanol–water partition coefficient (Wildman–Crippen LogP) is 6.61. The smallest absolute Gasteiger partial charge is 0.0227 e. The summed E-state index contributed by atoms with van der Waals surface area (Å²) in [6.45, 7) is 0. The Labute approximate surface area is 211 Å². The van der Waals surface area contributed by atoms with Gasteiger partial charge in [0.25, 0.3) is 0 Å². The van der Waals surface area contributed by atoms with Gasteiger partial charge in [-0.2, -0.15) is 12.1 Å². The first kappa shape index (κ1) is 22.5. The molecule has 0 amide bonds. The van der Waals surface area contributed by atoms with Gasteiger partial charge in [-0.15, -0.1) is 12.1 Å². The summed E-state index contributed by atoms with van der Waals surface area (Å²) in [5, 5.41) is 7.47. The van der Waals surface area contributed by atoms with Crippen LogP contribution in [-0.4, -0.2) is 4.98 Å². The molecule has 1 heterocycles. The van der Waals surface area contributed by atoms with Gasteiger partial charge in [0, 0.05) is 22.0 Å². The van der Waals surface area contributed by atoms with E-state index >= 15 is 0 Å². The molecule has 0 aliphatic carbocycles. The molecule has 1 nitrogen and oxygen atoms in total. The summed E-state index contributed by atoms with van der Waals surface area (Å²) >= 11 is 0. The zero-order valence-electron chi connectivity index (χ0n) is 18.3. The third-order valence-corrected chi connectivity index (χ3v) is 8.42. The zero-order chi connectivity index (χ0) is 22.0. The Kier molecular flexibility index (Phi) is 6.55. The molecule has 0 saturated carbocycles. The molecule has 0 unspecified atom stereocenters. The van der Waals surface area contributed by atoms with E-state index in [2.05, 4.69) is 133 Å². The number of pyridine rings is 1.